The molecule has 0 saturated carbocycles. The van der Waals surface area contributed by atoms with Gasteiger partial charge in [0.15, 0.2) is 0 Å². The maximum Gasteiger partial charge on any atom is 0.308 e. The van der Waals surface area contributed by atoms with Gasteiger partial charge in [0.2, 0.25) is 0 Å². The number of hydrogen-bond donors (Lipinski definition) is 2. The van der Waals surface area contributed by atoms with E-state index in [1.54, 1.807) is 31.2 Å². The van der Waals surface area contributed by atoms with Gasteiger partial charge < -0.3 is 15.2 Å². The van der Waals surface area contributed by atoms with Gasteiger partial charge in [0.05, 0.1) is 29.2 Å². The number of aryl methyl sites for hydroxylation is 1. The van der Waals surface area contributed by atoms with E-state index in [0.29, 0.717) is 17.0 Å². The van der Waals surface area contributed by atoms with Crippen molar-refractivity contribution in [2.45, 2.75) is 13.3 Å². The lowest BCUT2D eigenvalue weighted by molar-refractivity contribution is -0.385. The lowest BCUT2D eigenvalue weighted by Crippen LogP contribution is -2.34. The number of benzene rings is 1. The van der Waals surface area contributed by atoms with Crippen LogP contribution in [0.1, 0.15) is 21.6 Å². The van der Waals surface area contributed by atoms with E-state index in [2.05, 4.69) is 10.3 Å². The molecule has 1 aromatic carbocycles. The molecule has 0 saturated heterocycles. The van der Waals surface area contributed by atoms with E-state index in [1.807, 2.05) is 0 Å². The van der Waals surface area contributed by atoms with Crippen LogP contribution >= 0.6 is 0 Å². The van der Waals surface area contributed by atoms with E-state index >= 15 is 0 Å². The number of carbonyl (C=O) groups is 2. The summed E-state index contributed by atoms with van der Waals surface area (Å²) in [5.74, 6) is -2.02. The number of aliphatic carboxylic acids is 1. The van der Waals surface area contributed by atoms with Crippen molar-refractivity contribution < 1.29 is 24.4 Å². The van der Waals surface area contributed by atoms with Gasteiger partial charge in [-0.3, -0.25) is 24.7 Å². The molecular formula is C18H19N3O6. The first-order valence-electron chi connectivity index (χ1n) is 8.07. The Balaban J connectivity index is 2.12. The molecule has 1 aromatic heterocycles. The number of nitrogens with one attached hydrogen (secondary N) is 1. The topological polar surface area (TPSA) is 132 Å². The summed E-state index contributed by atoms with van der Waals surface area (Å²) in [5, 5.41) is 22.8. The third kappa shape index (κ3) is 5.00. The minimum absolute atomic E-state index is 0.0330. The number of hydrogen-bond acceptors (Lipinski definition) is 6. The SMILES string of the molecule is COc1ccccc1CC(CNC(=O)c1cc([N+](=O)[O-])cnc1C)C(=O)O. The van der Waals surface area contributed by atoms with Crippen LogP contribution < -0.4 is 10.1 Å². The molecule has 1 amide bonds. The van der Waals surface area contributed by atoms with E-state index in [4.69, 9.17) is 4.74 Å². The number of rotatable bonds is 8. The van der Waals surface area contributed by atoms with Gasteiger partial charge in [0, 0.05) is 12.6 Å². The Morgan fingerprint density at radius 2 is 2.07 bits per heavy atom. The van der Waals surface area contributed by atoms with Gasteiger partial charge in [-0.2, -0.15) is 0 Å². The fraction of sp³-hybridized carbons (Fsp3) is 0.278. The van der Waals surface area contributed by atoms with Crippen LogP contribution in [-0.2, 0) is 11.2 Å². The number of methoxy groups -OCH3 is 1. The van der Waals surface area contributed by atoms with Crippen molar-refractivity contribution in [3.8, 4) is 5.75 Å². The number of nitro groups is 1. The molecule has 142 valence electrons. The molecule has 1 unspecified atom stereocenters. The molecule has 27 heavy (non-hydrogen) atoms. The lowest BCUT2D eigenvalue weighted by atomic mass is 9.98. The highest BCUT2D eigenvalue weighted by Crippen LogP contribution is 2.21. The molecule has 0 spiro atoms. The number of aromatic nitrogens is 1. The summed E-state index contributed by atoms with van der Waals surface area (Å²) in [7, 11) is 1.49. The van der Waals surface area contributed by atoms with Crippen LogP contribution in [0.15, 0.2) is 36.5 Å². The van der Waals surface area contributed by atoms with E-state index in [0.717, 1.165) is 12.3 Å². The van der Waals surface area contributed by atoms with Crippen molar-refractivity contribution in [3.63, 3.8) is 0 Å². The maximum atomic E-state index is 12.4. The summed E-state index contributed by atoms with van der Waals surface area (Å²) >= 11 is 0. The smallest absolute Gasteiger partial charge is 0.308 e. The monoisotopic (exact) mass is 373 g/mol. The zero-order valence-corrected chi connectivity index (χ0v) is 14.8. The Morgan fingerprint density at radius 3 is 2.70 bits per heavy atom. The zero-order chi connectivity index (χ0) is 20.0. The Labute approximate surface area is 155 Å². The molecule has 0 radical (unpaired) electrons. The fourth-order valence-electron chi connectivity index (χ4n) is 2.55. The third-order valence-corrected chi connectivity index (χ3v) is 4.05. The molecule has 0 aliphatic rings. The first-order valence-corrected chi connectivity index (χ1v) is 8.07. The van der Waals surface area contributed by atoms with Gasteiger partial charge in [0.25, 0.3) is 11.6 Å². The van der Waals surface area contributed by atoms with E-state index in [-0.39, 0.29) is 24.2 Å². The molecule has 2 rings (SSSR count). The van der Waals surface area contributed by atoms with Gasteiger partial charge >= 0.3 is 5.97 Å². The molecule has 1 atom stereocenters. The summed E-state index contributed by atoms with van der Waals surface area (Å²) in [4.78, 5) is 38.0. The second-order valence-electron chi connectivity index (χ2n) is 5.84. The van der Waals surface area contributed by atoms with Crippen LogP contribution in [0.2, 0.25) is 0 Å². The average Bonchev–Trinajstić information content (AvgIpc) is 2.65. The summed E-state index contributed by atoms with van der Waals surface area (Å²) < 4.78 is 5.22. The third-order valence-electron chi connectivity index (χ3n) is 4.05. The van der Waals surface area contributed by atoms with Crippen molar-refractivity contribution in [1.29, 1.82) is 0 Å². The van der Waals surface area contributed by atoms with Crippen LogP contribution in [0.4, 0.5) is 5.69 Å². The lowest BCUT2D eigenvalue weighted by Gasteiger charge is -2.16. The Kier molecular flexibility index (Phi) is 6.42. The van der Waals surface area contributed by atoms with Crippen LogP contribution in [-0.4, -0.2) is 40.5 Å². The van der Waals surface area contributed by atoms with Crippen molar-refractivity contribution in [3.05, 3.63) is 63.5 Å². The van der Waals surface area contributed by atoms with Gasteiger partial charge in [-0.1, -0.05) is 18.2 Å². The predicted octanol–water partition coefficient (Wildman–Crippen LogP) is 1.98. The van der Waals surface area contributed by atoms with Crippen molar-refractivity contribution >= 4 is 17.6 Å². The number of carboxylic acid groups (broad SMARTS) is 1. The Morgan fingerprint density at radius 1 is 1.37 bits per heavy atom. The minimum atomic E-state index is -1.07. The molecule has 9 heteroatoms. The largest absolute Gasteiger partial charge is 0.496 e. The van der Waals surface area contributed by atoms with Gasteiger partial charge in [-0.05, 0) is 25.0 Å². The molecule has 0 fully saturated rings. The molecule has 0 aliphatic carbocycles. The summed E-state index contributed by atoms with van der Waals surface area (Å²) in [5.41, 5.74) is 0.740. The second kappa shape index (κ2) is 8.75. The summed E-state index contributed by atoms with van der Waals surface area (Å²) in [6, 6.07) is 8.15. The Hall–Kier alpha value is -3.49. The number of nitrogens with zero attached hydrogens (tertiary/aromatic N) is 2. The van der Waals surface area contributed by atoms with Crippen molar-refractivity contribution in [1.82, 2.24) is 10.3 Å². The van der Waals surface area contributed by atoms with E-state index < -0.39 is 22.7 Å². The molecule has 9 nitrogen and oxygen atoms in total. The van der Waals surface area contributed by atoms with E-state index in [1.165, 1.54) is 7.11 Å². The fourth-order valence-corrected chi connectivity index (χ4v) is 2.55. The van der Waals surface area contributed by atoms with Gasteiger partial charge in [-0.25, -0.2) is 0 Å². The van der Waals surface area contributed by atoms with Crippen LogP contribution in [0.25, 0.3) is 0 Å². The normalized spacial score (nSPS) is 11.5. The highest BCUT2D eigenvalue weighted by molar-refractivity contribution is 5.96. The molecular weight excluding hydrogens is 354 g/mol. The number of amides is 1. The van der Waals surface area contributed by atoms with Crippen LogP contribution in [0.5, 0.6) is 5.75 Å². The number of carboxylic acids is 1. The van der Waals surface area contributed by atoms with Gasteiger partial charge in [0.1, 0.15) is 11.9 Å². The van der Waals surface area contributed by atoms with E-state index in [9.17, 15) is 24.8 Å². The number of ether oxygens (including phenoxy) is 1. The quantitative estimate of drug-likeness (QED) is 0.534. The highest BCUT2D eigenvalue weighted by Gasteiger charge is 2.22. The molecule has 1 heterocycles. The minimum Gasteiger partial charge on any atom is -0.496 e. The molecule has 0 aliphatic heterocycles. The van der Waals surface area contributed by atoms with Crippen molar-refractivity contribution in [2.24, 2.45) is 5.92 Å². The van der Waals surface area contributed by atoms with Crippen LogP contribution in [0, 0.1) is 23.0 Å². The van der Waals surface area contributed by atoms with Crippen molar-refractivity contribution in [2.75, 3.05) is 13.7 Å². The predicted molar refractivity (Wildman–Crippen MR) is 95.8 cm³/mol. The molecule has 2 aromatic rings. The number of para-hydroxylation sites is 1. The number of carbonyl (C=O) groups excluding carboxylic acids is 1. The maximum absolute atomic E-state index is 12.4. The zero-order valence-electron chi connectivity index (χ0n) is 14.8. The standard InChI is InChI=1S/C18H19N3O6/c1-11-15(8-14(10-19-11)21(25)26)17(22)20-9-13(18(23)24)7-12-5-3-4-6-16(12)27-2/h3-6,8,10,13H,7,9H2,1-2H3,(H,20,22)(H,23,24). The molecule has 2 N–H and O–H groups in total. The second-order valence-corrected chi connectivity index (χ2v) is 5.84. The summed E-state index contributed by atoms with van der Waals surface area (Å²) in [6.45, 7) is 1.40. The summed E-state index contributed by atoms with van der Waals surface area (Å²) in [6.07, 6.45) is 1.22. The molecule has 0 bridgehead atoms. The number of pyridine rings is 1. The average molecular weight is 373 g/mol. The Bertz CT molecular complexity index is 868. The van der Waals surface area contributed by atoms with Crippen LogP contribution in [0.3, 0.4) is 0 Å². The first kappa shape index (κ1) is 19.8. The highest BCUT2D eigenvalue weighted by atomic mass is 16.6. The van der Waals surface area contributed by atoms with Gasteiger partial charge in [-0.15, -0.1) is 0 Å². The first-order chi connectivity index (χ1) is 12.8.